The summed E-state index contributed by atoms with van der Waals surface area (Å²) < 4.78 is 5.10. The molecule has 0 bridgehead atoms. The van der Waals surface area contributed by atoms with Crippen molar-refractivity contribution >= 4 is 27.6 Å². The van der Waals surface area contributed by atoms with Crippen LogP contribution in [-0.2, 0) is 9.53 Å². The van der Waals surface area contributed by atoms with Gasteiger partial charge in [0.1, 0.15) is 0 Å². The summed E-state index contributed by atoms with van der Waals surface area (Å²) in [6.07, 6.45) is 0. The Morgan fingerprint density at radius 3 is 2.78 bits per heavy atom. The zero-order chi connectivity index (χ0) is 13.7. The van der Waals surface area contributed by atoms with Gasteiger partial charge in [-0.3, -0.25) is 14.9 Å². The molecule has 0 N–H and O–H groups in total. The van der Waals surface area contributed by atoms with E-state index in [-0.39, 0.29) is 12.3 Å². The van der Waals surface area contributed by atoms with Crippen LogP contribution in [0.2, 0.25) is 0 Å². The molecule has 0 aliphatic rings. The molecular weight excluding hydrogens is 304 g/mol. The van der Waals surface area contributed by atoms with Crippen LogP contribution in [0.1, 0.15) is 18.4 Å². The van der Waals surface area contributed by atoms with Crippen molar-refractivity contribution in [2.24, 2.45) is 0 Å². The summed E-state index contributed by atoms with van der Waals surface area (Å²) in [5, 5.41) is 19.5. The molecule has 0 aliphatic carbocycles. The average molecular weight is 313 g/mol. The molecule has 1 unspecified atom stereocenters. The molecule has 7 heteroatoms. The second kappa shape index (κ2) is 6.12. The summed E-state index contributed by atoms with van der Waals surface area (Å²) in [5.74, 6) is -1.77. The van der Waals surface area contributed by atoms with Gasteiger partial charge in [0.2, 0.25) is 0 Å². The van der Waals surface area contributed by atoms with E-state index in [1.54, 1.807) is 6.92 Å². The summed E-state index contributed by atoms with van der Waals surface area (Å²) in [5.41, 5.74) is 0.229. The van der Waals surface area contributed by atoms with Crippen molar-refractivity contribution in [3.05, 3.63) is 38.3 Å². The quantitative estimate of drug-likeness (QED) is 0.484. The van der Waals surface area contributed by atoms with Crippen molar-refractivity contribution in [1.29, 1.82) is 5.26 Å². The summed E-state index contributed by atoms with van der Waals surface area (Å²) in [6.45, 7) is 1.80. The molecular formula is C11H9BrN2O4. The molecule has 1 aromatic rings. The number of nitro benzene ring substituents is 1. The first-order valence-electron chi connectivity index (χ1n) is 5.01. The predicted molar refractivity (Wildman–Crippen MR) is 65.8 cm³/mol. The normalized spacial score (nSPS) is 11.4. The van der Waals surface area contributed by atoms with Gasteiger partial charge in [0, 0.05) is 16.6 Å². The molecule has 0 saturated carbocycles. The molecule has 0 amide bonds. The SMILES string of the molecule is CCOC(=O)C(C#N)c1ccc([N+](=O)[O-])cc1Br. The number of carbonyl (C=O) groups is 1. The van der Waals surface area contributed by atoms with E-state index in [1.807, 2.05) is 6.07 Å². The van der Waals surface area contributed by atoms with Gasteiger partial charge in [0.05, 0.1) is 17.6 Å². The molecule has 6 nitrogen and oxygen atoms in total. The Labute approximate surface area is 111 Å². The highest BCUT2D eigenvalue weighted by Crippen LogP contribution is 2.29. The summed E-state index contributed by atoms with van der Waals surface area (Å²) in [4.78, 5) is 21.6. The van der Waals surface area contributed by atoms with Crippen LogP contribution in [0.25, 0.3) is 0 Å². The largest absolute Gasteiger partial charge is 0.465 e. The lowest BCUT2D eigenvalue weighted by atomic mass is 10.0. The van der Waals surface area contributed by atoms with Gasteiger partial charge in [-0.1, -0.05) is 15.9 Å². The van der Waals surface area contributed by atoms with Gasteiger partial charge in [-0.15, -0.1) is 0 Å². The lowest BCUT2D eigenvalue weighted by Gasteiger charge is -2.10. The van der Waals surface area contributed by atoms with Crippen molar-refractivity contribution in [1.82, 2.24) is 0 Å². The third kappa shape index (κ3) is 3.05. The highest BCUT2D eigenvalue weighted by molar-refractivity contribution is 9.10. The zero-order valence-electron chi connectivity index (χ0n) is 9.42. The molecule has 18 heavy (non-hydrogen) atoms. The highest BCUT2D eigenvalue weighted by atomic mass is 79.9. The second-order valence-corrected chi connectivity index (χ2v) is 4.13. The van der Waals surface area contributed by atoms with E-state index < -0.39 is 16.8 Å². The third-order valence-electron chi connectivity index (χ3n) is 2.16. The minimum Gasteiger partial charge on any atom is -0.465 e. The van der Waals surface area contributed by atoms with Crippen LogP contribution in [0.15, 0.2) is 22.7 Å². The van der Waals surface area contributed by atoms with E-state index in [0.717, 1.165) is 0 Å². The Hall–Kier alpha value is -1.94. The van der Waals surface area contributed by atoms with Gasteiger partial charge in [-0.05, 0) is 18.6 Å². The number of esters is 1. The fourth-order valence-corrected chi connectivity index (χ4v) is 1.93. The van der Waals surface area contributed by atoms with E-state index in [1.165, 1.54) is 18.2 Å². The molecule has 0 spiro atoms. The number of non-ortho nitro benzene ring substituents is 1. The number of nitro groups is 1. The number of ether oxygens (including phenoxy) is 1. The lowest BCUT2D eigenvalue weighted by molar-refractivity contribution is -0.384. The number of hydrogen-bond donors (Lipinski definition) is 0. The maximum atomic E-state index is 11.5. The number of benzene rings is 1. The van der Waals surface area contributed by atoms with Crippen LogP contribution >= 0.6 is 15.9 Å². The average Bonchev–Trinajstić information content (AvgIpc) is 2.32. The first-order chi connectivity index (χ1) is 8.51. The molecule has 1 atom stereocenters. The Kier molecular flexibility index (Phi) is 4.80. The second-order valence-electron chi connectivity index (χ2n) is 3.28. The monoisotopic (exact) mass is 312 g/mol. The molecule has 1 rings (SSSR count). The molecule has 94 valence electrons. The summed E-state index contributed by atoms with van der Waals surface area (Å²) >= 11 is 3.11. The number of nitrogens with zero attached hydrogens (tertiary/aromatic N) is 2. The van der Waals surface area contributed by atoms with Gasteiger partial charge in [0.15, 0.2) is 5.92 Å². The Morgan fingerprint density at radius 1 is 1.67 bits per heavy atom. The van der Waals surface area contributed by atoms with Crippen LogP contribution in [0.4, 0.5) is 5.69 Å². The van der Waals surface area contributed by atoms with Crippen LogP contribution < -0.4 is 0 Å². The standard InChI is InChI=1S/C11H9BrN2O4/c1-2-18-11(15)9(6-13)8-4-3-7(14(16)17)5-10(8)12/h3-5,9H,2H2,1H3. The number of nitriles is 1. The first-order valence-corrected chi connectivity index (χ1v) is 5.80. The molecule has 0 fully saturated rings. The third-order valence-corrected chi connectivity index (χ3v) is 2.84. The van der Waals surface area contributed by atoms with Crippen molar-refractivity contribution in [3.8, 4) is 6.07 Å². The molecule has 0 aromatic heterocycles. The molecule has 1 aromatic carbocycles. The van der Waals surface area contributed by atoms with E-state index >= 15 is 0 Å². The fourth-order valence-electron chi connectivity index (χ4n) is 1.34. The van der Waals surface area contributed by atoms with E-state index in [2.05, 4.69) is 15.9 Å². The van der Waals surface area contributed by atoms with Gasteiger partial charge in [0.25, 0.3) is 5.69 Å². The fraction of sp³-hybridized carbons (Fsp3) is 0.273. The van der Waals surface area contributed by atoms with Gasteiger partial charge in [-0.25, -0.2) is 0 Å². The van der Waals surface area contributed by atoms with E-state index in [0.29, 0.717) is 10.0 Å². The van der Waals surface area contributed by atoms with Crippen molar-refractivity contribution in [3.63, 3.8) is 0 Å². The minimum atomic E-state index is -1.10. The molecule has 0 heterocycles. The first kappa shape index (κ1) is 14.1. The van der Waals surface area contributed by atoms with Crippen LogP contribution in [0, 0.1) is 21.4 Å². The van der Waals surface area contributed by atoms with Crippen LogP contribution in [0.5, 0.6) is 0 Å². The van der Waals surface area contributed by atoms with Gasteiger partial charge in [-0.2, -0.15) is 5.26 Å². The van der Waals surface area contributed by atoms with Crippen LogP contribution in [0.3, 0.4) is 0 Å². The maximum absolute atomic E-state index is 11.5. The maximum Gasteiger partial charge on any atom is 0.327 e. The Morgan fingerprint density at radius 2 is 2.33 bits per heavy atom. The lowest BCUT2D eigenvalue weighted by Crippen LogP contribution is -2.15. The van der Waals surface area contributed by atoms with Crippen molar-refractivity contribution in [2.45, 2.75) is 12.8 Å². The Balaban J connectivity index is 3.12. The topological polar surface area (TPSA) is 93.2 Å². The number of rotatable bonds is 4. The minimum absolute atomic E-state index is 0.119. The van der Waals surface area contributed by atoms with Crippen molar-refractivity contribution < 1.29 is 14.5 Å². The highest BCUT2D eigenvalue weighted by Gasteiger charge is 2.25. The summed E-state index contributed by atoms with van der Waals surface area (Å²) in [7, 11) is 0. The summed E-state index contributed by atoms with van der Waals surface area (Å²) in [6, 6.07) is 5.67. The van der Waals surface area contributed by atoms with E-state index in [9.17, 15) is 14.9 Å². The van der Waals surface area contributed by atoms with E-state index in [4.69, 9.17) is 10.00 Å². The predicted octanol–water partition coefficient (Wildman–Crippen LogP) is 2.53. The zero-order valence-corrected chi connectivity index (χ0v) is 11.0. The van der Waals surface area contributed by atoms with Crippen molar-refractivity contribution in [2.75, 3.05) is 6.61 Å². The van der Waals surface area contributed by atoms with Gasteiger partial charge < -0.3 is 4.74 Å². The Bertz CT molecular complexity index is 524. The molecule has 0 aliphatic heterocycles. The number of halogens is 1. The van der Waals surface area contributed by atoms with Crippen LogP contribution in [-0.4, -0.2) is 17.5 Å². The number of hydrogen-bond acceptors (Lipinski definition) is 5. The van der Waals surface area contributed by atoms with Gasteiger partial charge >= 0.3 is 5.97 Å². The number of carbonyl (C=O) groups excluding carboxylic acids is 1. The molecule has 0 radical (unpaired) electrons. The molecule has 0 saturated heterocycles. The smallest absolute Gasteiger partial charge is 0.327 e.